The van der Waals surface area contributed by atoms with Crippen molar-refractivity contribution in [1.29, 1.82) is 0 Å². The first-order valence-corrected chi connectivity index (χ1v) is 5.64. The predicted molar refractivity (Wildman–Crippen MR) is 60.3 cm³/mol. The fourth-order valence-electron chi connectivity index (χ4n) is 1.82. The fraction of sp³-hybridized carbons (Fsp3) is 0.364. The molecule has 1 heterocycles. The first-order chi connectivity index (χ1) is 6.63. The molecule has 0 saturated carbocycles. The SMILES string of the molecule is CC(C)n1c(=[Se])n(C)c2ccccc21. The van der Waals surface area contributed by atoms with Crippen molar-refractivity contribution in [2.75, 3.05) is 0 Å². The summed E-state index contributed by atoms with van der Waals surface area (Å²) in [6, 6.07) is 8.95. The van der Waals surface area contributed by atoms with E-state index in [4.69, 9.17) is 0 Å². The summed E-state index contributed by atoms with van der Waals surface area (Å²) >= 11 is 3.14. The molecule has 0 aliphatic carbocycles. The first kappa shape index (κ1) is 9.75. The maximum atomic E-state index is 3.14. The molecule has 2 aromatic rings. The van der Waals surface area contributed by atoms with Crippen LogP contribution in [0.1, 0.15) is 19.9 Å². The van der Waals surface area contributed by atoms with Crippen LogP contribution in [0.2, 0.25) is 0 Å². The molecule has 14 heavy (non-hydrogen) atoms. The van der Waals surface area contributed by atoms with Crippen molar-refractivity contribution in [2.45, 2.75) is 19.9 Å². The van der Waals surface area contributed by atoms with Gasteiger partial charge in [-0.25, -0.2) is 0 Å². The third-order valence-electron chi connectivity index (χ3n) is 2.51. The van der Waals surface area contributed by atoms with Crippen LogP contribution < -0.4 is 0 Å². The van der Waals surface area contributed by atoms with Crippen LogP contribution in [-0.4, -0.2) is 24.7 Å². The van der Waals surface area contributed by atoms with Gasteiger partial charge in [0.05, 0.1) is 0 Å². The normalized spacial score (nSPS) is 11.4. The third kappa shape index (κ3) is 1.28. The average Bonchev–Trinajstić information content (AvgIpc) is 2.41. The van der Waals surface area contributed by atoms with Crippen molar-refractivity contribution in [3.8, 4) is 0 Å². The number of hydrogen-bond donors (Lipinski definition) is 0. The Hall–Kier alpha value is -0.791. The van der Waals surface area contributed by atoms with Crippen LogP contribution in [0, 0.1) is 4.32 Å². The standard InChI is InChI=1S/C11H14N2Se/c1-8(2)13-10-7-5-4-6-9(10)12(3)11(13)14/h4-8H,1-3H3. The molecule has 0 bridgehead atoms. The van der Waals surface area contributed by atoms with Gasteiger partial charge in [0.2, 0.25) is 0 Å². The molecule has 2 nitrogen and oxygen atoms in total. The molecular weight excluding hydrogens is 239 g/mol. The van der Waals surface area contributed by atoms with Crippen LogP contribution in [-0.2, 0) is 7.05 Å². The summed E-state index contributed by atoms with van der Waals surface area (Å²) in [5.74, 6) is 0. The van der Waals surface area contributed by atoms with Crippen molar-refractivity contribution in [2.24, 2.45) is 7.05 Å². The monoisotopic (exact) mass is 254 g/mol. The summed E-state index contributed by atoms with van der Waals surface area (Å²) in [5.41, 5.74) is 2.56. The zero-order valence-corrected chi connectivity index (χ0v) is 10.4. The Morgan fingerprint density at radius 2 is 1.71 bits per heavy atom. The van der Waals surface area contributed by atoms with E-state index in [-0.39, 0.29) is 0 Å². The molecule has 0 aliphatic heterocycles. The van der Waals surface area contributed by atoms with Gasteiger partial charge in [-0.2, -0.15) is 0 Å². The van der Waals surface area contributed by atoms with E-state index in [0.717, 1.165) is 0 Å². The van der Waals surface area contributed by atoms with Gasteiger partial charge in [-0.3, -0.25) is 0 Å². The molecule has 2 rings (SSSR count). The number of benzene rings is 1. The minimum atomic E-state index is 0.484. The van der Waals surface area contributed by atoms with E-state index in [1.54, 1.807) is 0 Å². The van der Waals surface area contributed by atoms with Crippen molar-refractivity contribution < 1.29 is 0 Å². The number of para-hydroxylation sites is 2. The predicted octanol–water partition coefficient (Wildman–Crippen LogP) is 2.26. The van der Waals surface area contributed by atoms with Crippen molar-refractivity contribution in [3.05, 3.63) is 28.6 Å². The van der Waals surface area contributed by atoms with Gasteiger partial charge in [0.1, 0.15) is 0 Å². The van der Waals surface area contributed by atoms with Crippen molar-refractivity contribution in [3.63, 3.8) is 0 Å². The van der Waals surface area contributed by atoms with E-state index < -0.39 is 0 Å². The summed E-state index contributed by atoms with van der Waals surface area (Å²) in [6.07, 6.45) is 0. The maximum absolute atomic E-state index is 3.14. The summed E-state index contributed by atoms with van der Waals surface area (Å²) in [5, 5.41) is 0. The molecule has 0 aliphatic rings. The fourth-order valence-corrected chi connectivity index (χ4v) is 2.67. The third-order valence-corrected chi connectivity index (χ3v) is 3.50. The molecule has 74 valence electrons. The van der Waals surface area contributed by atoms with Gasteiger partial charge >= 0.3 is 91.3 Å². The number of rotatable bonds is 1. The Balaban J connectivity index is 2.95. The van der Waals surface area contributed by atoms with Gasteiger partial charge in [-0.1, -0.05) is 0 Å². The second-order valence-electron chi connectivity index (χ2n) is 3.79. The zero-order valence-electron chi connectivity index (χ0n) is 8.69. The molecule has 0 amide bonds. The first-order valence-electron chi connectivity index (χ1n) is 4.79. The minimum absolute atomic E-state index is 0.484. The topological polar surface area (TPSA) is 9.86 Å². The Morgan fingerprint density at radius 3 is 2.29 bits per heavy atom. The summed E-state index contributed by atoms with van der Waals surface area (Å²) in [6.45, 7) is 4.40. The number of fused-ring (bicyclic) bond motifs is 1. The molecular formula is C11H14N2Se. The Morgan fingerprint density at radius 1 is 1.14 bits per heavy atom. The molecule has 0 unspecified atom stereocenters. The van der Waals surface area contributed by atoms with Gasteiger partial charge in [0.15, 0.2) is 0 Å². The molecule has 0 radical (unpaired) electrons. The number of imidazole rings is 1. The van der Waals surface area contributed by atoms with Gasteiger partial charge in [-0.15, -0.1) is 0 Å². The zero-order chi connectivity index (χ0) is 10.3. The van der Waals surface area contributed by atoms with Crippen LogP contribution in [0.3, 0.4) is 0 Å². The number of aromatic nitrogens is 2. The van der Waals surface area contributed by atoms with Gasteiger partial charge in [0.25, 0.3) is 0 Å². The van der Waals surface area contributed by atoms with Crippen molar-refractivity contribution >= 4 is 26.6 Å². The molecule has 3 heteroatoms. The molecule has 0 fully saturated rings. The Labute approximate surface area is 91.5 Å². The number of nitrogens with zero attached hydrogens (tertiary/aromatic N) is 2. The second kappa shape index (κ2) is 3.41. The van der Waals surface area contributed by atoms with E-state index in [1.807, 2.05) is 0 Å². The van der Waals surface area contributed by atoms with Crippen LogP contribution in [0.25, 0.3) is 11.0 Å². The van der Waals surface area contributed by atoms with Crippen LogP contribution in [0.4, 0.5) is 0 Å². The van der Waals surface area contributed by atoms with Crippen LogP contribution in [0.15, 0.2) is 24.3 Å². The van der Waals surface area contributed by atoms with E-state index in [2.05, 4.69) is 69.9 Å². The van der Waals surface area contributed by atoms with E-state index in [1.165, 1.54) is 15.4 Å². The molecule has 0 N–H and O–H groups in total. The molecule has 1 aromatic carbocycles. The Kier molecular flexibility index (Phi) is 2.38. The molecule has 1 aromatic heterocycles. The van der Waals surface area contributed by atoms with Gasteiger partial charge in [0, 0.05) is 0 Å². The number of hydrogen-bond acceptors (Lipinski definition) is 0. The summed E-state index contributed by atoms with van der Waals surface area (Å²) in [4.78, 5) is 0. The van der Waals surface area contributed by atoms with Gasteiger partial charge in [-0.05, 0) is 0 Å². The van der Waals surface area contributed by atoms with E-state index >= 15 is 0 Å². The Bertz CT molecular complexity index is 520. The molecule has 0 saturated heterocycles. The van der Waals surface area contributed by atoms with E-state index in [0.29, 0.717) is 6.04 Å². The summed E-state index contributed by atoms with van der Waals surface area (Å²) in [7, 11) is 2.09. The van der Waals surface area contributed by atoms with Crippen LogP contribution >= 0.6 is 0 Å². The quantitative estimate of drug-likeness (QED) is 0.690. The van der Waals surface area contributed by atoms with Crippen LogP contribution in [0.5, 0.6) is 0 Å². The van der Waals surface area contributed by atoms with Gasteiger partial charge < -0.3 is 0 Å². The van der Waals surface area contributed by atoms with Crippen molar-refractivity contribution in [1.82, 2.24) is 9.13 Å². The van der Waals surface area contributed by atoms with E-state index in [9.17, 15) is 0 Å². The average molecular weight is 253 g/mol. The second-order valence-corrected chi connectivity index (χ2v) is 4.56. The summed E-state index contributed by atoms with van der Waals surface area (Å²) < 4.78 is 5.69. The number of aryl methyl sites for hydroxylation is 1. The molecule has 0 atom stereocenters. The molecule has 0 spiro atoms.